The number of rotatable bonds is 9. The number of nitrogens with two attached hydrogens (primary N) is 2. The Balaban J connectivity index is 2.06. The third kappa shape index (κ3) is 6.35. The Labute approximate surface area is 165 Å². The summed E-state index contributed by atoms with van der Waals surface area (Å²) in [4.78, 5) is 29.3. The van der Waals surface area contributed by atoms with Gasteiger partial charge in [-0.1, -0.05) is 56.7 Å². The molecule has 6 N–H and O–H groups in total. The summed E-state index contributed by atoms with van der Waals surface area (Å²) in [7, 11) is 0. The molecule has 0 aliphatic heterocycles. The zero-order valence-electron chi connectivity index (χ0n) is 16.4. The number of pyridine rings is 1. The van der Waals surface area contributed by atoms with Gasteiger partial charge in [0, 0.05) is 19.2 Å². The van der Waals surface area contributed by atoms with Gasteiger partial charge in [0.2, 0.25) is 11.8 Å². The highest BCUT2D eigenvalue weighted by Gasteiger charge is 2.26. The van der Waals surface area contributed by atoms with Crippen LogP contribution in [-0.4, -0.2) is 28.9 Å². The molecule has 1 heterocycles. The Morgan fingerprint density at radius 1 is 1.07 bits per heavy atom. The highest BCUT2D eigenvalue weighted by Crippen LogP contribution is 2.08. The standard InChI is InChI=1S/C21H29N5O2/c1-3-14(2)19(23)21(28)26-17(11-15-7-5-4-6-8-15)20(27)25-13-16-9-10-18(22)24-12-16/h4-10,12,14,17,19H,3,11,13,23H2,1-2H3,(H2,22,24)(H,25,27)(H,26,28)/t14?,17-,19+/m1/s1. The van der Waals surface area contributed by atoms with E-state index >= 15 is 0 Å². The molecule has 0 spiro atoms. The Morgan fingerprint density at radius 3 is 2.39 bits per heavy atom. The van der Waals surface area contributed by atoms with E-state index in [0.717, 1.165) is 17.5 Å². The maximum absolute atomic E-state index is 12.8. The van der Waals surface area contributed by atoms with Crippen LogP contribution < -0.4 is 22.1 Å². The second-order valence-corrected chi connectivity index (χ2v) is 6.97. The highest BCUT2D eigenvalue weighted by molar-refractivity contribution is 5.90. The summed E-state index contributed by atoms with van der Waals surface area (Å²) in [5.41, 5.74) is 13.4. The molecule has 0 bridgehead atoms. The van der Waals surface area contributed by atoms with Crippen LogP contribution in [0.15, 0.2) is 48.7 Å². The summed E-state index contributed by atoms with van der Waals surface area (Å²) < 4.78 is 0. The largest absolute Gasteiger partial charge is 0.384 e. The number of nitrogen functional groups attached to an aromatic ring is 1. The van der Waals surface area contributed by atoms with Crippen molar-refractivity contribution in [3.05, 3.63) is 59.8 Å². The fourth-order valence-corrected chi connectivity index (χ4v) is 2.69. The molecule has 2 aromatic rings. The summed E-state index contributed by atoms with van der Waals surface area (Å²) in [5.74, 6) is -0.144. The van der Waals surface area contributed by atoms with Gasteiger partial charge in [-0.15, -0.1) is 0 Å². The topological polar surface area (TPSA) is 123 Å². The minimum Gasteiger partial charge on any atom is -0.384 e. The van der Waals surface area contributed by atoms with Crippen LogP contribution in [0.2, 0.25) is 0 Å². The molecule has 0 saturated heterocycles. The molecule has 0 saturated carbocycles. The maximum Gasteiger partial charge on any atom is 0.243 e. The van der Waals surface area contributed by atoms with Crippen LogP contribution in [0.3, 0.4) is 0 Å². The summed E-state index contributed by atoms with van der Waals surface area (Å²) in [6.07, 6.45) is 2.78. The number of aromatic nitrogens is 1. The Bertz CT molecular complexity index is 764. The number of carbonyl (C=O) groups is 2. The minimum atomic E-state index is -0.716. The van der Waals surface area contributed by atoms with E-state index in [-0.39, 0.29) is 17.7 Å². The van der Waals surface area contributed by atoms with Crippen LogP contribution >= 0.6 is 0 Å². The lowest BCUT2D eigenvalue weighted by atomic mass is 9.98. The smallest absolute Gasteiger partial charge is 0.243 e. The van der Waals surface area contributed by atoms with Crippen LogP contribution in [0.25, 0.3) is 0 Å². The maximum atomic E-state index is 12.8. The van der Waals surface area contributed by atoms with Gasteiger partial charge in [-0.3, -0.25) is 9.59 Å². The molecular formula is C21H29N5O2. The van der Waals surface area contributed by atoms with Gasteiger partial charge in [-0.2, -0.15) is 0 Å². The van der Waals surface area contributed by atoms with Crippen molar-refractivity contribution in [2.45, 2.75) is 45.3 Å². The summed E-state index contributed by atoms with van der Waals surface area (Å²) >= 11 is 0. The minimum absolute atomic E-state index is 0.0290. The third-order valence-electron chi connectivity index (χ3n) is 4.79. The number of amides is 2. The van der Waals surface area contributed by atoms with Crippen molar-refractivity contribution in [1.29, 1.82) is 0 Å². The van der Waals surface area contributed by atoms with Crippen molar-refractivity contribution in [2.75, 3.05) is 5.73 Å². The molecule has 0 aliphatic carbocycles. The van der Waals surface area contributed by atoms with Crippen LogP contribution in [0, 0.1) is 5.92 Å². The average molecular weight is 383 g/mol. The van der Waals surface area contributed by atoms with E-state index in [9.17, 15) is 9.59 Å². The molecule has 1 aromatic carbocycles. The SMILES string of the molecule is CCC(C)[C@H](N)C(=O)N[C@H](Cc1ccccc1)C(=O)NCc1ccc(N)nc1. The van der Waals surface area contributed by atoms with E-state index in [1.165, 1.54) is 0 Å². The molecule has 0 aliphatic rings. The van der Waals surface area contributed by atoms with Gasteiger partial charge in [0.25, 0.3) is 0 Å². The van der Waals surface area contributed by atoms with Crippen molar-refractivity contribution in [3.63, 3.8) is 0 Å². The van der Waals surface area contributed by atoms with Gasteiger partial charge >= 0.3 is 0 Å². The molecule has 2 rings (SSSR count). The number of nitrogens with one attached hydrogen (secondary N) is 2. The molecule has 0 fully saturated rings. The first-order chi connectivity index (χ1) is 13.4. The van der Waals surface area contributed by atoms with Gasteiger partial charge in [-0.05, 0) is 23.1 Å². The molecule has 7 nitrogen and oxygen atoms in total. The van der Waals surface area contributed by atoms with E-state index in [2.05, 4.69) is 15.6 Å². The Morgan fingerprint density at radius 2 is 1.79 bits per heavy atom. The van der Waals surface area contributed by atoms with Crippen LogP contribution in [0.1, 0.15) is 31.4 Å². The van der Waals surface area contributed by atoms with Gasteiger partial charge < -0.3 is 22.1 Å². The lowest BCUT2D eigenvalue weighted by molar-refractivity contribution is -0.130. The molecule has 2 amide bonds. The predicted octanol–water partition coefficient (Wildman–Crippen LogP) is 1.38. The molecule has 3 atom stereocenters. The van der Waals surface area contributed by atoms with E-state index in [0.29, 0.717) is 18.8 Å². The zero-order valence-corrected chi connectivity index (χ0v) is 16.4. The highest BCUT2D eigenvalue weighted by atomic mass is 16.2. The van der Waals surface area contributed by atoms with Gasteiger partial charge in [0.05, 0.1) is 6.04 Å². The average Bonchev–Trinajstić information content (AvgIpc) is 2.72. The summed E-state index contributed by atoms with van der Waals surface area (Å²) in [6, 6.07) is 11.7. The zero-order chi connectivity index (χ0) is 20.5. The van der Waals surface area contributed by atoms with Crippen molar-refractivity contribution in [2.24, 2.45) is 11.7 Å². The molecule has 7 heteroatoms. The molecule has 1 aromatic heterocycles. The first kappa shape index (κ1) is 21.4. The Hall–Kier alpha value is -2.93. The number of nitrogens with zero attached hydrogens (tertiary/aromatic N) is 1. The number of hydrogen-bond donors (Lipinski definition) is 4. The third-order valence-corrected chi connectivity index (χ3v) is 4.79. The Kier molecular flexibility index (Phi) is 7.95. The fourth-order valence-electron chi connectivity index (χ4n) is 2.69. The first-order valence-electron chi connectivity index (χ1n) is 9.48. The number of anilines is 1. The van der Waals surface area contributed by atoms with Crippen LogP contribution in [0.5, 0.6) is 0 Å². The second-order valence-electron chi connectivity index (χ2n) is 6.97. The molecular weight excluding hydrogens is 354 g/mol. The number of benzene rings is 1. The molecule has 150 valence electrons. The van der Waals surface area contributed by atoms with Gasteiger partial charge in [0.15, 0.2) is 0 Å². The number of carbonyl (C=O) groups excluding carboxylic acids is 2. The van der Waals surface area contributed by atoms with Crippen LogP contribution in [-0.2, 0) is 22.6 Å². The first-order valence-corrected chi connectivity index (χ1v) is 9.48. The van der Waals surface area contributed by atoms with Crippen molar-refractivity contribution in [3.8, 4) is 0 Å². The van der Waals surface area contributed by atoms with E-state index < -0.39 is 12.1 Å². The summed E-state index contributed by atoms with van der Waals surface area (Å²) in [6.45, 7) is 4.20. The predicted molar refractivity (Wildman–Crippen MR) is 110 cm³/mol. The van der Waals surface area contributed by atoms with E-state index in [1.54, 1.807) is 18.3 Å². The molecule has 1 unspecified atom stereocenters. The monoisotopic (exact) mass is 383 g/mol. The molecule has 0 radical (unpaired) electrons. The fraction of sp³-hybridized carbons (Fsp3) is 0.381. The van der Waals surface area contributed by atoms with Gasteiger partial charge in [0.1, 0.15) is 11.9 Å². The number of hydrogen-bond acceptors (Lipinski definition) is 5. The lowest BCUT2D eigenvalue weighted by Gasteiger charge is -2.23. The lowest BCUT2D eigenvalue weighted by Crippen LogP contribution is -2.53. The van der Waals surface area contributed by atoms with Crippen molar-refractivity contribution < 1.29 is 9.59 Å². The van der Waals surface area contributed by atoms with E-state index in [4.69, 9.17) is 11.5 Å². The quantitative estimate of drug-likeness (QED) is 0.521. The normalized spacial score (nSPS) is 14.0. The van der Waals surface area contributed by atoms with Crippen molar-refractivity contribution in [1.82, 2.24) is 15.6 Å². The molecule has 28 heavy (non-hydrogen) atoms. The van der Waals surface area contributed by atoms with Gasteiger partial charge in [-0.25, -0.2) is 4.98 Å². The van der Waals surface area contributed by atoms with Crippen LogP contribution in [0.4, 0.5) is 5.82 Å². The second kappa shape index (κ2) is 10.4. The van der Waals surface area contributed by atoms with Crippen molar-refractivity contribution >= 4 is 17.6 Å². The summed E-state index contributed by atoms with van der Waals surface area (Å²) in [5, 5.41) is 5.67. The van der Waals surface area contributed by atoms with E-state index in [1.807, 2.05) is 44.2 Å².